The first kappa shape index (κ1) is 18.0. The van der Waals surface area contributed by atoms with E-state index < -0.39 is 0 Å². The molecular formula is C16H24BrN3O3. The van der Waals surface area contributed by atoms with Gasteiger partial charge in [-0.05, 0) is 24.7 Å². The number of carbonyl (C=O) groups excluding carboxylic acids is 1. The SMILES string of the molecule is COc1cc(Br)c(CN(C)CC(=O)N2CCNCC2)cc1OC. The van der Waals surface area contributed by atoms with Gasteiger partial charge < -0.3 is 19.7 Å². The van der Waals surface area contributed by atoms with Crippen LogP contribution in [0.25, 0.3) is 0 Å². The maximum absolute atomic E-state index is 12.3. The highest BCUT2D eigenvalue weighted by atomic mass is 79.9. The number of carbonyl (C=O) groups is 1. The smallest absolute Gasteiger partial charge is 0.236 e. The van der Waals surface area contributed by atoms with Crippen LogP contribution in [0.2, 0.25) is 0 Å². The van der Waals surface area contributed by atoms with E-state index >= 15 is 0 Å². The predicted molar refractivity (Wildman–Crippen MR) is 93.0 cm³/mol. The van der Waals surface area contributed by atoms with Crippen LogP contribution in [-0.4, -0.2) is 69.7 Å². The van der Waals surface area contributed by atoms with Crippen LogP contribution in [-0.2, 0) is 11.3 Å². The van der Waals surface area contributed by atoms with Gasteiger partial charge in [-0.15, -0.1) is 0 Å². The van der Waals surface area contributed by atoms with Crippen molar-refractivity contribution in [3.63, 3.8) is 0 Å². The zero-order valence-corrected chi connectivity index (χ0v) is 15.5. The Labute approximate surface area is 145 Å². The molecule has 128 valence electrons. The fourth-order valence-corrected chi connectivity index (χ4v) is 3.06. The molecule has 1 heterocycles. The lowest BCUT2D eigenvalue weighted by Crippen LogP contribution is -2.49. The van der Waals surface area contributed by atoms with Gasteiger partial charge in [0.05, 0.1) is 20.8 Å². The number of likely N-dealkylation sites (N-methyl/N-ethyl adjacent to an activating group) is 1. The molecule has 0 bridgehead atoms. The third-order valence-electron chi connectivity index (χ3n) is 3.87. The normalized spacial score (nSPS) is 14.9. The molecule has 1 aliphatic rings. The van der Waals surface area contributed by atoms with Gasteiger partial charge >= 0.3 is 0 Å². The lowest BCUT2D eigenvalue weighted by atomic mass is 10.2. The van der Waals surface area contributed by atoms with E-state index in [9.17, 15) is 4.79 Å². The number of benzene rings is 1. The molecule has 2 rings (SSSR count). The summed E-state index contributed by atoms with van der Waals surface area (Å²) in [6.07, 6.45) is 0. The first-order valence-electron chi connectivity index (χ1n) is 7.62. The molecule has 1 N–H and O–H groups in total. The summed E-state index contributed by atoms with van der Waals surface area (Å²) in [6, 6.07) is 3.83. The van der Waals surface area contributed by atoms with E-state index in [0.29, 0.717) is 24.6 Å². The number of rotatable bonds is 6. The van der Waals surface area contributed by atoms with Crippen LogP contribution in [0.3, 0.4) is 0 Å². The maximum Gasteiger partial charge on any atom is 0.236 e. The quantitative estimate of drug-likeness (QED) is 0.800. The molecule has 7 heteroatoms. The number of ether oxygens (including phenoxy) is 2. The van der Waals surface area contributed by atoms with Crippen molar-refractivity contribution in [3.8, 4) is 11.5 Å². The van der Waals surface area contributed by atoms with Crippen molar-refractivity contribution in [1.29, 1.82) is 0 Å². The first-order chi connectivity index (χ1) is 11.0. The number of piperazine rings is 1. The molecule has 1 aliphatic heterocycles. The summed E-state index contributed by atoms with van der Waals surface area (Å²) < 4.78 is 11.6. The van der Waals surface area contributed by atoms with Crippen LogP contribution in [0.4, 0.5) is 0 Å². The molecule has 1 saturated heterocycles. The number of hydrogen-bond acceptors (Lipinski definition) is 5. The Kier molecular flexibility index (Phi) is 6.68. The molecular weight excluding hydrogens is 362 g/mol. The van der Waals surface area contributed by atoms with Crippen LogP contribution < -0.4 is 14.8 Å². The van der Waals surface area contributed by atoms with E-state index in [1.807, 2.05) is 29.0 Å². The molecule has 1 aromatic carbocycles. The fourth-order valence-electron chi connectivity index (χ4n) is 2.61. The second-order valence-corrected chi connectivity index (χ2v) is 6.46. The number of amides is 1. The summed E-state index contributed by atoms with van der Waals surface area (Å²) in [6.45, 7) is 4.37. The highest BCUT2D eigenvalue weighted by molar-refractivity contribution is 9.10. The molecule has 6 nitrogen and oxygen atoms in total. The monoisotopic (exact) mass is 385 g/mol. The van der Waals surface area contributed by atoms with E-state index in [2.05, 4.69) is 21.2 Å². The molecule has 0 radical (unpaired) electrons. The van der Waals surface area contributed by atoms with Crippen molar-refractivity contribution < 1.29 is 14.3 Å². The topological polar surface area (TPSA) is 54.0 Å². The lowest BCUT2D eigenvalue weighted by Gasteiger charge is -2.29. The molecule has 1 aromatic rings. The Hall–Kier alpha value is -1.31. The lowest BCUT2D eigenvalue weighted by molar-refractivity contribution is -0.132. The van der Waals surface area contributed by atoms with Crippen LogP contribution in [0.1, 0.15) is 5.56 Å². The minimum atomic E-state index is 0.172. The minimum absolute atomic E-state index is 0.172. The third-order valence-corrected chi connectivity index (χ3v) is 4.61. The molecule has 1 amide bonds. The van der Waals surface area contributed by atoms with Crippen LogP contribution in [0.5, 0.6) is 11.5 Å². The Balaban J connectivity index is 1.99. The van der Waals surface area contributed by atoms with Crippen LogP contribution in [0.15, 0.2) is 16.6 Å². The second-order valence-electron chi connectivity index (χ2n) is 5.60. The van der Waals surface area contributed by atoms with Crippen LogP contribution >= 0.6 is 15.9 Å². The standard InChI is InChI=1S/C16H24BrN3O3/c1-19(11-16(21)20-6-4-18-5-7-20)10-12-8-14(22-2)15(23-3)9-13(12)17/h8-9,18H,4-7,10-11H2,1-3H3. The number of nitrogens with one attached hydrogen (secondary N) is 1. The first-order valence-corrected chi connectivity index (χ1v) is 8.42. The van der Waals surface area contributed by atoms with Crippen molar-refractivity contribution >= 4 is 21.8 Å². The highest BCUT2D eigenvalue weighted by Gasteiger charge is 2.18. The molecule has 1 fully saturated rings. The molecule has 23 heavy (non-hydrogen) atoms. The van der Waals surface area contributed by atoms with Gasteiger partial charge in [0.25, 0.3) is 0 Å². The minimum Gasteiger partial charge on any atom is -0.493 e. The molecule has 0 aromatic heterocycles. The Morgan fingerprint density at radius 3 is 2.48 bits per heavy atom. The summed E-state index contributed by atoms with van der Waals surface area (Å²) in [4.78, 5) is 16.2. The zero-order valence-electron chi connectivity index (χ0n) is 13.9. The van der Waals surface area contributed by atoms with Gasteiger partial charge in [0.2, 0.25) is 5.91 Å². The largest absolute Gasteiger partial charge is 0.493 e. The average molecular weight is 386 g/mol. The summed E-state index contributed by atoms with van der Waals surface area (Å²) in [5.41, 5.74) is 1.05. The van der Waals surface area contributed by atoms with E-state index in [1.54, 1.807) is 14.2 Å². The van der Waals surface area contributed by atoms with E-state index in [1.165, 1.54) is 0 Å². The number of halogens is 1. The van der Waals surface area contributed by atoms with Crippen molar-refractivity contribution in [3.05, 3.63) is 22.2 Å². The van der Waals surface area contributed by atoms with Crippen LogP contribution in [0, 0.1) is 0 Å². The molecule has 0 aliphatic carbocycles. The zero-order chi connectivity index (χ0) is 16.8. The van der Waals surface area contributed by atoms with Gasteiger partial charge in [0.15, 0.2) is 11.5 Å². The van der Waals surface area contributed by atoms with Gasteiger partial charge in [0.1, 0.15) is 0 Å². The summed E-state index contributed by atoms with van der Waals surface area (Å²) in [7, 11) is 5.18. The number of hydrogen-bond donors (Lipinski definition) is 1. The van der Waals surface area contributed by atoms with E-state index in [0.717, 1.165) is 36.2 Å². The van der Waals surface area contributed by atoms with Gasteiger partial charge in [0, 0.05) is 37.2 Å². The number of nitrogens with zero attached hydrogens (tertiary/aromatic N) is 2. The predicted octanol–water partition coefficient (Wildman–Crippen LogP) is 1.33. The molecule has 0 saturated carbocycles. The molecule has 0 atom stereocenters. The van der Waals surface area contributed by atoms with E-state index in [-0.39, 0.29) is 5.91 Å². The van der Waals surface area contributed by atoms with Crippen molar-refractivity contribution in [2.24, 2.45) is 0 Å². The average Bonchev–Trinajstić information content (AvgIpc) is 2.56. The van der Waals surface area contributed by atoms with Crippen molar-refractivity contribution in [2.45, 2.75) is 6.54 Å². The van der Waals surface area contributed by atoms with Gasteiger partial charge in [-0.3, -0.25) is 9.69 Å². The third kappa shape index (κ3) is 4.83. The Morgan fingerprint density at radius 1 is 1.26 bits per heavy atom. The summed E-state index contributed by atoms with van der Waals surface area (Å²) in [5.74, 6) is 1.54. The van der Waals surface area contributed by atoms with Crippen molar-refractivity contribution in [1.82, 2.24) is 15.1 Å². The fraction of sp³-hybridized carbons (Fsp3) is 0.562. The molecule has 0 spiro atoms. The maximum atomic E-state index is 12.3. The van der Waals surface area contributed by atoms with E-state index in [4.69, 9.17) is 9.47 Å². The summed E-state index contributed by atoms with van der Waals surface area (Å²) >= 11 is 3.56. The second kappa shape index (κ2) is 8.52. The Bertz CT molecular complexity index is 548. The van der Waals surface area contributed by atoms with Gasteiger partial charge in [-0.1, -0.05) is 15.9 Å². The van der Waals surface area contributed by atoms with Gasteiger partial charge in [-0.2, -0.15) is 0 Å². The van der Waals surface area contributed by atoms with Gasteiger partial charge in [-0.25, -0.2) is 0 Å². The highest BCUT2D eigenvalue weighted by Crippen LogP contribution is 2.33. The number of methoxy groups -OCH3 is 2. The summed E-state index contributed by atoms with van der Waals surface area (Å²) in [5, 5.41) is 3.25. The molecule has 0 unspecified atom stereocenters. The Morgan fingerprint density at radius 2 is 1.87 bits per heavy atom. The van der Waals surface area contributed by atoms with Crippen molar-refractivity contribution in [2.75, 3.05) is 54.0 Å².